The molecule has 2 N–H and O–H groups in total. The number of aromatic nitrogens is 2. The quantitative estimate of drug-likeness (QED) is 0.767. The Labute approximate surface area is 93.8 Å². The van der Waals surface area contributed by atoms with Gasteiger partial charge in [0.2, 0.25) is 0 Å². The van der Waals surface area contributed by atoms with Gasteiger partial charge in [0.15, 0.2) is 5.82 Å². The monoisotopic (exact) mass is 225 g/mol. The minimum Gasteiger partial charge on any atom is -0.462 e. The van der Waals surface area contributed by atoms with Gasteiger partial charge in [0, 0.05) is 13.3 Å². The van der Waals surface area contributed by atoms with Crippen LogP contribution in [0.4, 0.5) is 5.82 Å². The van der Waals surface area contributed by atoms with E-state index in [0.29, 0.717) is 5.82 Å². The van der Waals surface area contributed by atoms with E-state index in [1.54, 1.807) is 21.0 Å². The molecule has 0 amide bonds. The summed E-state index contributed by atoms with van der Waals surface area (Å²) in [5.41, 5.74) is 5.81. The summed E-state index contributed by atoms with van der Waals surface area (Å²) >= 11 is 0. The van der Waals surface area contributed by atoms with Gasteiger partial charge in [-0.25, -0.2) is 14.8 Å². The first-order valence-electron chi connectivity index (χ1n) is 4.92. The molecule has 6 heteroatoms. The second-order valence-corrected chi connectivity index (χ2v) is 3.13. The van der Waals surface area contributed by atoms with Crippen LogP contribution in [0.3, 0.4) is 0 Å². The minimum atomic E-state index is -0.517. The number of nitrogens with two attached hydrogens (primary N) is 1. The Morgan fingerprint density at radius 3 is 2.81 bits per heavy atom. The van der Waals surface area contributed by atoms with Gasteiger partial charge in [-0.3, -0.25) is 0 Å². The average Bonchev–Trinajstić information content (AvgIpc) is 2.28. The van der Waals surface area contributed by atoms with Crippen LogP contribution in [-0.2, 0) is 9.47 Å². The number of esters is 1. The van der Waals surface area contributed by atoms with Gasteiger partial charge in [-0.05, 0) is 13.8 Å². The topological polar surface area (TPSA) is 87.3 Å². The number of rotatable bonds is 4. The Hall–Kier alpha value is -1.69. The largest absolute Gasteiger partial charge is 0.462 e. The number of hydrogen-bond donors (Lipinski definition) is 1. The first-order valence-corrected chi connectivity index (χ1v) is 4.92. The molecule has 0 saturated carbocycles. The second kappa shape index (κ2) is 5.41. The maximum Gasteiger partial charge on any atom is 0.343 e. The van der Waals surface area contributed by atoms with Crippen LogP contribution in [0.2, 0.25) is 0 Å². The number of nitrogen functional groups attached to an aromatic ring is 1. The van der Waals surface area contributed by atoms with Gasteiger partial charge in [-0.15, -0.1) is 0 Å². The second-order valence-electron chi connectivity index (χ2n) is 3.13. The normalized spacial score (nSPS) is 12.2. The molecule has 1 atom stereocenters. The number of ether oxygens (including phenoxy) is 2. The van der Waals surface area contributed by atoms with Crippen molar-refractivity contribution in [2.24, 2.45) is 0 Å². The molecule has 0 radical (unpaired) electrons. The Morgan fingerprint density at radius 1 is 1.62 bits per heavy atom. The molecular formula is C10H15N3O3. The molecule has 0 saturated heterocycles. The molecule has 0 aliphatic heterocycles. The summed E-state index contributed by atoms with van der Waals surface area (Å²) in [6, 6.07) is 0. The van der Waals surface area contributed by atoms with Crippen molar-refractivity contribution in [2.45, 2.75) is 20.0 Å². The lowest BCUT2D eigenvalue weighted by Crippen LogP contribution is -2.13. The lowest BCUT2D eigenvalue weighted by molar-refractivity contribution is 0.0526. The first-order chi connectivity index (χ1) is 7.60. The SMILES string of the molecule is CCOC(=O)c1cnc(C(C)OC)nc1N. The van der Waals surface area contributed by atoms with Gasteiger partial charge in [-0.2, -0.15) is 0 Å². The van der Waals surface area contributed by atoms with Gasteiger partial charge < -0.3 is 15.2 Å². The molecule has 0 aromatic carbocycles. The molecule has 6 nitrogen and oxygen atoms in total. The molecule has 16 heavy (non-hydrogen) atoms. The Kier molecular flexibility index (Phi) is 4.19. The Balaban J connectivity index is 2.95. The molecule has 1 aromatic heterocycles. The first kappa shape index (κ1) is 12.4. The number of methoxy groups -OCH3 is 1. The van der Waals surface area contributed by atoms with E-state index in [9.17, 15) is 4.79 Å². The number of carbonyl (C=O) groups is 1. The highest BCUT2D eigenvalue weighted by molar-refractivity contribution is 5.93. The lowest BCUT2D eigenvalue weighted by atomic mass is 10.3. The van der Waals surface area contributed by atoms with E-state index in [1.807, 2.05) is 0 Å². The third-order valence-corrected chi connectivity index (χ3v) is 2.05. The fraction of sp³-hybridized carbons (Fsp3) is 0.500. The maximum atomic E-state index is 11.4. The smallest absolute Gasteiger partial charge is 0.343 e. The van der Waals surface area contributed by atoms with Crippen LogP contribution < -0.4 is 5.73 Å². The molecule has 0 fully saturated rings. The summed E-state index contributed by atoms with van der Waals surface area (Å²) in [5.74, 6) is 0.0250. The van der Waals surface area contributed by atoms with Gasteiger partial charge >= 0.3 is 5.97 Å². The van der Waals surface area contributed by atoms with Gasteiger partial charge in [0.05, 0.1) is 6.61 Å². The Morgan fingerprint density at radius 2 is 2.31 bits per heavy atom. The summed E-state index contributed by atoms with van der Waals surface area (Å²) in [6.07, 6.45) is 1.09. The van der Waals surface area contributed by atoms with E-state index in [0.717, 1.165) is 0 Å². The summed E-state index contributed by atoms with van der Waals surface area (Å²) < 4.78 is 9.85. The molecule has 1 aromatic rings. The molecule has 1 heterocycles. The van der Waals surface area contributed by atoms with Gasteiger partial charge in [0.25, 0.3) is 0 Å². The third-order valence-electron chi connectivity index (χ3n) is 2.05. The lowest BCUT2D eigenvalue weighted by Gasteiger charge is -2.09. The predicted octanol–water partition coefficient (Wildman–Crippen LogP) is 0.943. The zero-order chi connectivity index (χ0) is 12.1. The van der Waals surface area contributed by atoms with Gasteiger partial charge in [0.1, 0.15) is 17.5 Å². The number of anilines is 1. The van der Waals surface area contributed by atoms with Crippen molar-refractivity contribution in [3.05, 3.63) is 17.6 Å². The zero-order valence-electron chi connectivity index (χ0n) is 9.56. The van der Waals surface area contributed by atoms with Crippen molar-refractivity contribution >= 4 is 11.8 Å². The number of hydrogen-bond acceptors (Lipinski definition) is 6. The van der Waals surface area contributed by atoms with Crippen LogP contribution in [0.15, 0.2) is 6.20 Å². The van der Waals surface area contributed by atoms with Crippen molar-refractivity contribution in [3.63, 3.8) is 0 Å². The maximum absolute atomic E-state index is 11.4. The van der Waals surface area contributed by atoms with Crippen LogP contribution >= 0.6 is 0 Å². The highest BCUT2D eigenvalue weighted by Crippen LogP contribution is 2.15. The van der Waals surface area contributed by atoms with E-state index in [1.165, 1.54) is 6.20 Å². The highest BCUT2D eigenvalue weighted by Gasteiger charge is 2.15. The fourth-order valence-electron chi connectivity index (χ4n) is 1.08. The summed E-state index contributed by atoms with van der Waals surface area (Å²) in [7, 11) is 1.55. The number of nitrogens with zero attached hydrogens (tertiary/aromatic N) is 2. The van der Waals surface area contributed by atoms with Crippen LogP contribution in [0.25, 0.3) is 0 Å². The van der Waals surface area contributed by atoms with Crippen LogP contribution in [0.5, 0.6) is 0 Å². The Bertz CT molecular complexity index is 382. The predicted molar refractivity (Wildman–Crippen MR) is 57.8 cm³/mol. The highest BCUT2D eigenvalue weighted by atomic mass is 16.5. The minimum absolute atomic E-state index is 0.104. The molecule has 88 valence electrons. The van der Waals surface area contributed by atoms with Crippen LogP contribution in [-0.4, -0.2) is 29.7 Å². The zero-order valence-corrected chi connectivity index (χ0v) is 9.56. The van der Waals surface area contributed by atoms with Crippen molar-refractivity contribution in [3.8, 4) is 0 Å². The van der Waals surface area contributed by atoms with E-state index < -0.39 is 5.97 Å². The van der Waals surface area contributed by atoms with Crippen LogP contribution in [0, 0.1) is 0 Å². The third kappa shape index (κ3) is 2.66. The fourth-order valence-corrected chi connectivity index (χ4v) is 1.08. The van der Waals surface area contributed by atoms with Crippen molar-refractivity contribution in [1.82, 2.24) is 9.97 Å². The van der Waals surface area contributed by atoms with Crippen molar-refractivity contribution < 1.29 is 14.3 Å². The molecule has 0 spiro atoms. The van der Waals surface area contributed by atoms with E-state index in [-0.39, 0.29) is 24.1 Å². The van der Waals surface area contributed by atoms with Crippen molar-refractivity contribution in [1.29, 1.82) is 0 Å². The number of carbonyl (C=O) groups excluding carboxylic acids is 1. The summed E-state index contributed by atoms with van der Waals surface area (Å²) in [4.78, 5) is 19.4. The summed E-state index contributed by atoms with van der Waals surface area (Å²) in [5, 5.41) is 0. The summed E-state index contributed by atoms with van der Waals surface area (Å²) in [6.45, 7) is 3.80. The molecular weight excluding hydrogens is 210 g/mol. The molecule has 0 aliphatic rings. The molecule has 0 aliphatic carbocycles. The standard InChI is InChI=1S/C10H15N3O3/c1-4-16-10(14)7-5-12-9(6(2)15-3)13-8(7)11/h5-6H,4H2,1-3H3,(H2,11,12,13). The van der Waals surface area contributed by atoms with E-state index in [4.69, 9.17) is 15.2 Å². The van der Waals surface area contributed by atoms with Crippen molar-refractivity contribution in [2.75, 3.05) is 19.5 Å². The molecule has 1 rings (SSSR count). The van der Waals surface area contributed by atoms with Gasteiger partial charge in [-0.1, -0.05) is 0 Å². The molecule has 0 bridgehead atoms. The average molecular weight is 225 g/mol. The molecule has 1 unspecified atom stereocenters. The van der Waals surface area contributed by atoms with Crippen LogP contribution in [0.1, 0.15) is 36.1 Å². The van der Waals surface area contributed by atoms with E-state index >= 15 is 0 Å². The van der Waals surface area contributed by atoms with E-state index in [2.05, 4.69) is 9.97 Å².